The summed E-state index contributed by atoms with van der Waals surface area (Å²) in [6.45, 7) is -0.278. The zero-order chi connectivity index (χ0) is 19.0. The number of hydrogen-bond acceptors (Lipinski definition) is 5. The molecule has 26 heavy (non-hydrogen) atoms. The van der Waals surface area contributed by atoms with Gasteiger partial charge in [0.05, 0.1) is 6.04 Å². The van der Waals surface area contributed by atoms with Gasteiger partial charge < -0.3 is 14.8 Å². The molecule has 142 valence electrons. The third kappa shape index (κ3) is 7.70. The molecule has 0 fully saturated rings. The van der Waals surface area contributed by atoms with E-state index in [-0.39, 0.29) is 6.61 Å². The maximum atomic E-state index is 11.7. The second-order valence-corrected chi connectivity index (χ2v) is 7.86. The van der Waals surface area contributed by atoms with E-state index in [1.165, 1.54) is 0 Å². The normalized spacial score (nSPS) is 19.0. The highest BCUT2D eigenvalue weighted by molar-refractivity contribution is 6.67. The van der Waals surface area contributed by atoms with Crippen molar-refractivity contribution in [1.82, 2.24) is 10.8 Å². The van der Waals surface area contributed by atoms with Gasteiger partial charge in [0.1, 0.15) is 19.3 Å². The fourth-order valence-electron chi connectivity index (χ4n) is 2.09. The van der Waals surface area contributed by atoms with E-state index in [9.17, 15) is 9.59 Å². The lowest BCUT2D eigenvalue weighted by Gasteiger charge is -2.21. The van der Waals surface area contributed by atoms with Crippen molar-refractivity contribution in [1.29, 1.82) is 0 Å². The molecule has 2 atom stereocenters. The highest BCUT2D eigenvalue weighted by atomic mass is 35.6. The number of carbonyl (C=O) groups is 2. The number of ether oxygens (including phenoxy) is 2. The lowest BCUT2D eigenvalue weighted by atomic mass is 10.2. The van der Waals surface area contributed by atoms with E-state index < -0.39 is 34.7 Å². The Morgan fingerprint density at radius 3 is 2.54 bits per heavy atom. The van der Waals surface area contributed by atoms with Gasteiger partial charge in [-0.2, -0.15) is 5.48 Å². The van der Waals surface area contributed by atoms with Crippen molar-refractivity contribution >= 4 is 47.0 Å². The predicted octanol–water partition coefficient (Wildman–Crippen LogP) is 3.64. The molecule has 0 radical (unpaired) electrons. The first-order valence-corrected chi connectivity index (χ1v) is 8.76. The Kier molecular flexibility index (Phi) is 7.84. The number of alkyl carbamates (subject to hydrolysis) is 1. The first kappa shape index (κ1) is 20.6. The zero-order valence-corrected chi connectivity index (χ0v) is 15.8. The molecule has 0 bridgehead atoms. The molecule has 7 nitrogen and oxygen atoms in total. The van der Waals surface area contributed by atoms with Crippen LogP contribution in [-0.2, 0) is 20.9 Å². The molecule has 2 rings (SSSR count). The molecule has 2 N–H and O–H groups in total. The van der Waals surface area contributed by atoms with Gasteiger partial charge in [-0.1, -0.05) is 77.3 Å². The van der Waals surface area contributed by atoms with Gasteiger partial charge in [0, 0.05) is 0 Å². The van der Waals surface area contributed by atoms with Crippen molar-refractivity contribution in [3.63, 3.8) is 0 Å². The maximum Gasteiger partial charge on any atom is 0.431 e. The van der Waals surface area contributed by atoms with E-state index in [0.717, 1.165) is 5.56 Å². The average molecular weight is 424 g/mol. The van der Waals surface area contributed by atoms with Crippen molar-refractivity contribution < 1.29 is 23.9 Å². The topological polar surface area (TPSA) is 85.9 Å². The minimum atomic E-state index is -1.69. The molecule has 2 amide bonds. The Hall–Kier alpha value is -1.67. The van der Waals surface area contributed by atoms with Gasteiger partial charge in [0.2, 0.25) is 3.79 Å². The van der Waals surface area contributed by atoms with E-state index in [1.807, 2.05) is 30.3 Å². The van der Waals surface area contributed by atoms with Crippen LogP contribution in [0.2, 0.25) is 0 Å². The van der Waals surface area contributed by atoms with Gasteiger partial charge in [-0.25, -0.2) is 9.59 Å². The molecule has 1 aromatic carbocycles. The lowest BCUT2D eigenvalue weighted by molar-refractivity contribution is -0.0289. The average Bonchev–Trinajstić information content (AvgIpc) is 3.03. The fourth-order valence-corrected chi connectivity index (χ4v) is 2.26. The molecule has 1 aliphatic carbocycles. The van der Waals surface area contributed by atoms with Gasteiger partial charge in [-0.3, -0.25) is 4.84 Å². The molecule has 1 aromatic rings. The van der Waals surface area contributed by atoms with Crippen LogP contribution >= 0.6 is 34.8 Å². The molecule has 0 aliphatic heterocycles. The van der Waals surface area contributed by atoms with Gasteiger partial charge >= 0.3 is 12.2 Å². The van der Waals surface area contributed by atoms with Crippen LogP contribution in [0.1, 0.15) is 12.0 Å². The minimum Gasteiger partial charge on any atom is -0.445 e. The Labute approximate surface area is 165 Å². The molecular formula is C16H17Cl3N2O5. The van der Waals surface area contributed by atoms with Crippen LogP contribution in [0.25, 0.3) is 0 Å². The molecule has 0 unspecified atom stereocenters. The zero-order valence-electron chi connectivity index (χ0n) is 13.5. The van der Waals surface area contributed by atoms with Gasteiger partial charge in [0.15, 0.2) is 0 Å². The standard InChI is InChI=1S/C16H17Cl3N2O5/c17-16(18,19)10-25-14(22)20-12-7-4-8-13(12)26-21-15(23)24-9-11-5-2-1-3-6-11/h1-7,12-13H,8-10H2,(H,20,22)(H,21,23)/t12-,13+/m0/s1. The summed E-state index contributed by atoms with van der Waals surface area (Å²) < 4.78 is 8.12. The first-order valence-electron chi connectivity index (χ1n) is 7.62. The van der Waals surface area contributed by atoms with Crippen LogP contribution in [0.3, 0.4) is 0 Å². The smallest absolute Gasteiger partial charge is 0.431 e. The fraction of sp³-hybridized carbons (Fsp3) is 0.375. The molecule has 0 spiro atoms. The minimum absolute atomic E-state index is 0.115. The number of nitrogens with one attached hydrogen (secondary N) is 2. The van der Waals surface area contributed by atoms with Gasteiger partial charge in [-0.05, 0) is 12.0 Å². The second-order valence-electron chi connectivity index (χ2n) is 5.35. The molecule has 0 aromatic heterocycles. The van der Waals surface area contributed by atoms with Crippen LogP contribution in [0.5, 0.6) is 0 Å². The van der Waals surface area contributed by atoms with Crippen molar-refractivity contribution in [2.75, 3.05) is 6.61 Å². The van der Waals surface area contributed by atoms with E-state index in [4.69, 9.17) is 49.1 Å². The summed E-state index contributed by atoms with van der Waals surface area (Å²) in [4.78, 5) is 28.6. The first-order chi connectivity index (χ1) is 12.3. The number of rotatable bonds is 6. The largest absolute Gasteiger partial charge is 0.445 e. The summed E-state index contributed by atoms with van der Waals surface area (Å²) in [5.74, 6) is 0. The third-order valence-electron chi connectivity index (χ3n) is 3.27. The Balaban J connectivity index is 1.69. The summed E-state index contributed by atoms with van der Waals surface area (Å²) >= 11 is 16.5. The van der Waals surface area contributed by atoms with Crippen molar-refractivity contribution in [2.45, 2.75) is 29.0 Å². The number of alkyl halides is 3. The number of carbonyl (C=O) groups excluding carboxylic acids is 2. The molecule has 0 saturated carbocycles. The number of halogens is 3. The molecular weight excluding hydrogens is 407 g/mol. The van der Waals surface area contributed by atoms with E-state index in [0.29, 0.717) is 6.42 Å². The van der Waals surface area contributed by atoms with Crippen LogP contribution in [-0.4, -0.2) is 34.7 Å². The monoisotopic (exact) mass is 422 g/mol. The Morgan fingerprint density at radius 2 is 1.85 bits per heavy atom. The third-order valence-corrected chi connectivity index (χ3v) is 3.60. The molecule has 10 heteroatoms. The highest BCUT2D eigenvalue weighted by Gasteiger charge is 2.28. The molecule has 0 heterocycles. The summed E-state index contributed by atoms with van der Waals surface area (Å²) in [6.07, 6.45) is 1.96. The predicted molar refractivity (Wildman–Crippen MR) is 97.0 cm³/mol. The summed E-state index contributed by atoms with van der Waals surface area (Å²) in [5, 5.41) is 2.54. The number of benzene rings is 1. The SMILES string of the molecule is O=C(NO[C@@H]1CC=C[C@@H]1NC(=O)OCC(Cl)(Cl)Cl)OCc1ccccc1. The number of hydrogen-bond donors (Lipinski definition) is 2. The van der Waals surface area contributed by atoms with Crippen molar-refractivity contribution in [3.05, 3.63) is 48.0 Å². The maximum absolute atomic E-state index is 11.7. The number of hydroxylamine groups is 1. The van der Waals surface area contributed by atoms with Crippen LogP contribution in [0, 0.1) is 0 Å². The van der Waals surface area contributed by atoms with Crippen molar-refractivity contribution in [2.24, 2.45) is 0 Å². The summed E-state index contributed by atoms with van der Waals surface area (Å²) in [7, 11) is 0. The van der Waals surface area contributed by atoms with Crippen LogP contribution in [0.4, 0.5) is 9.59 Å². The molecule has 0 saturated heterocycles. The summed E-state index contributed by atoms with van der Waals surface area (Å²) in [6, 6.07) is 8.71. The number of amides is 2. The van der Waals surface area contributed by atoms with Gasteiger partial charge in [0.25, 0.3) is 0 Å². The van der Waals surface area contributed by atoms with Crippen LogP contribution < -0.4 is 10.8 Å². The van der Waals surface area contributed by atoms with E-state index in [2.05, 4.69) is 10.8 Å². The van der Waals surface area contributed by atoms with Gasteiger partial charge in [-0.15, -0.1) is 0 Å². The second kappa shape index (κ2) is 9.87. The quantitative estimate of drug-likeness (QED) is 0.414. The Bertz CT molecular complexity index is 637. The lowest BCUT2D eigenvalue weighted by Crippen LogP contribution is -2.44. The summed E-state index contributed by atoms with van der Waals surface area (Å²) in [5.41, 5.74) is 3.05. The van der Waals surface area contributed by atoms with E-state index in [1.54, 1.807) is 12.2 Å². The van der Waals surface area contributed by atoms with E-state index >= 15 is 0 Å². The van der Waals surface area contributed by atoms with Crippen molar-refractivity contribution in [3.8, 4) is 0 Å². The molecule has 1 aliphatic rings. The van der Waals surface area contributed by atoms with Crippen LogP contribution in [0.15, 0.2) is 42.5 Å². The Morgan fingerprint density at radius 1 is 1.12 bits per heavy atom. The highest BCUT2D eigenvalue weighted by Crippen LogP contribution is 2.26.